The lowest BCUT2D eigenvalue weighted by atomic mass is 10.1. The van der Waals surface area contributed by atoms with E-state index in [2.05, 4.69) is 10.3 Å². The molecular formula is C20H30FN3O9. The molecule has 3 heterocycles. The first-order chi connectivity index (χ1) is 15.6. The molecule has 2 aliphatic heterocycles. The quantitative estimate of drug-likeness (QED) is 0.384. The highest BCUT2D eigenvalue weighted by Crippen LogP contribution is 2.34. The molecule has 1 aromatic heterocycles. The fraction of sp³-hybridized carbons (Fsp3) is 0.750. The normalized spacial score (nSPS) is 33.9. The van der Waals surface area contributed by atoms with E-state index in [0.717, 1.165) is 23.6 Å². The molecule has 1 aromatic rings. The van der Waals surface area contributed by atoms with Crippen molar-refractivity contribution in [2.75, 3.05) is 11.9 Å². The fourth-order valence-corrected chi connectivity index (χ4v) is 3.63. The summed E-state index contributed by atoms with van der Waals surface area (Å²) < 4.78 is 36.9. The van der Waals surface area contributed by atoms with Crippen LogP contribution in [0.15, 0.2) is 11.0 Å². The van der Waals surface area contributed by atoms with Gasteiger partial charge in [0.25, 0.3) is 0 Å². The zero-order chi connectivity index (χ0) is 24.3. The van der Waals surface area contributed by atoms with Crippen LogP contribution in [0.2, 0.25) is 0 Å². The third-order valence-electron chi connectivity index (χ3n) is 5.59. The number of nitrogens with zero attached hydrogens (tertiary/aromatic N) is 2. The van der Waals surface area contributed by atoms with Crippen molar-refractivity contribution in [1.82, 2.24) is 9.55 Å². The van der Waals surface area contributed by atoms with Gasteiger partial charge < -0.3 is 34.3 Å². The highest BCUT2D eigenvalue weighted by atomic mass is 19.1. The van der Waals surface area contributed by atoms with Crippen LogP contribution in [0, 0.1) is 5.82 Å². The number of rotatable bonds is 8. The Morgan fingerprint density at radius 2 is 1.88 bits per heavy atom. The second kappa shape index (κ2) is 10.8. The van der Waals surface area contributed by atoms with Crippen LogP contribution in [0.1, 0.15) is 46.3 Å². The van der Waals surface area contributed by atoms with Crippen LogP contribution >= 0.6 is 0 Å². The van der Waals surface area contributed by atoms with Gasteiger partial charge in [-0.3, -0.25) is 9.88 Å². The van der Waals surface area contributed by atoms with Crippen molar-refractivity contribution in [2.45, 2.75) is 89.2 Å². The third-order valence-corrected chi connectivity index (χ3v) is 5.59. The fourth-order valence-electron chi connectivity index (χ4n) is 3.63. The van der Waals surface area contributed by atoms with E-state index >= 15 is 0 Å². The average molecular weight is 475 g/mol. The van der Waals surface area contributed by atoms with Gasteiger partial charge in [0.1, 0.15) is 24.4 Å². The van der Waals surface area contributed by atoms with E-state index in [1.807, 2.05) is 6.92 Å². The van der Waals surface area contributed by atoms with Crippen molar-refractivity contribution in [3.05, 3.63) is 22.5 Å². The maximum Gasteiger partial charge on any atom is 0.412 e. The molecule has 2 aliphatic rings. The summed E-state index contributed by atoms with van der Waals surface area (Å²) in [6.07, 6.45) is -7.01. The van der Waals surface area contributed by atoms with Gasteiger partial charge in [0, 0.05) is 0 Å². The SMILES string of the molecule is CCCCCOC(=O)Nc1nc(=O)n([C@@H]2O[C@H](C)C(O)C2O[C@@H]2O[C@H](C)C(O)C2O)cc1F. The zero-order valence-electron chi connectivity index (χ0n) is 18.6. The minimum Gasteiger partial charge on any atom is -0.449 e. The van der Waals surface area contributed by atoms with Crippen LogP contribution in [0.4, 0.5) is 15.0 Å². The monoisotopic (exact) mass is 475 g/mol. The molecular weight excluding hydrogens is 445 g/mol. The summed E-state index contributed by atoms with van der Waals surface area (Å²) in [6.45, 7) is 5.18. The number of aliphatic hydroxyl groups is 3. The molecule has 0 bridgehead atoms. The van der Waals surface area contributed by atoms with Crippen molar-refractivity contribution in [2.24, 2.45) is 0 Å². The summed E-state index contributed by atoms with van der Waals surface area (Å²) in [4.78, 5) is 27.9. The molecule has 33 heavy (non-hydrogen) atoms. The number of nitrogens with one attached hydrogen (secondary N) is 1. The predicted molar refractivity (Wildman–Crippen MR) is 110 cm³/mol. The lowest BCUT2D eigenvalue weighted by Crippen LogP contribution is -2.43. The number of carbonyl (C=O) groups is 1. The molecule has 0 aromatic carbocycles. The first kappa shape index (κ1) is 25.5. The van der Waals surface area contributed by atoms with Gasteiger partial charge in [0.05, 0.1) is 25.0 Å². The van der Waals surface area contributed by atoms with Crippen LogP contribution in [0.5, 0.6) is 0 Å². The Morgan fingerprint density at radius 3 is 2.52 bits per heavy atom. The molecule has 4 unspecified atom stereocenters. The Bertz CT molecular complexity index is 885. The highest BCUT2D eigenvalue weighted by molar-refractivity contribution is 5.83. The molecule has 12 nitrogen and oxygen atoms in total. The number of anilines is 1. The Hall–Kier alpha value is -2.16. The number of hydrogen-bond acceptors (Lipinski definition) is 10. The van der Waals surface area contributed by atoms with Crippen LogP contribution in [0.3, 0.4) is 0 Å². The van der Waals surface area contributed by atoms with E-state index in [1.54, 1.807) is 0 Å². The molecule has 0 aliphatic carbocycles. The van der Waals surface area contributed by atoms with E-state index in [9.17, 15) is 29.3 Å². The highest BCUT2D eigenvalue weighted by Gasteiger charge is 2.49. The summed E-state index contributed by atoms with van der Waals surface area (Å²) in [7, 11) is 0. The smallest absolute Gasteiger partial charge is 0.412 e. The summed E-state index contributed by atoms with van der Waals surface area (Å²) in [6, 6.07) is 0. The summed E-state index contributed by atoms with van der Waals surface area (Å²) >= 11 is 0. The minimum atomic E-state index is -1.40. The van der Waals surface area contributed by atoms with E-state index in [1.165, 1.54) is 13.8 Å². The van der Waals surface area contributed by atoms with E-state index in [0.29, 0.717) is 6.42 Å². The lowest BCUT2D eigenvalue weighted by Gasteiger charge is -2.26. The van der Waals surface area contributed by atoms with Crippen LogP contribution < -0.4 is 11.0 Å². The first-order valence-corrected chi connectivity index (χ1v) is 10.9. The lowest BCUT2D eigenvalue weighted by molar-refractivity contribution is -0.216. The van der Waals surface area contributed by atoms with Gasteiger partial charge in [-0.25, -0.2) is 14.0 Å². The van der Waals surface area contributed by atoms with Crippen molar-refractivity contribution in [3.63, 3.8) is 0 Å². The summed E-state index contributed by atoms with van der Waals surface area (Å²) in [5.74, 6) is -1.66. The molecule has 1 amide bonds. The van der Waals surface area contributed by atoms with Crippen molar-refractivity contribution in [1.29, 1.82) is 0 Å². The number of amides is 1. The Morgan fingerprint density at radius 1 is 1.18 bits per heavy atom. The molecule has 13 heteroatoms. The largest absolute Gasteiger partial charge is 0.449 e. The zero-order valence-corrected chi connectivity index (χ0v) is 18.6. The summed E-state index contributed by atoms with van der Waals surface area (Å²) in [5, 5.41) is 32.5. The standard InChI is InChI=1S/C20H30FN3O9/c1-4-5-6-7-30-20(29)23-16-11(21)8-24(19(28)22-16)17-15(13(26)10(3)31-17)33-18-14(27)12(25)9(2)32-18/h8-10,12-15,17-18,25-27H,4-7H2,1-3H3,(H,22,23,28,29)/t9-,10-,12?,13?,14?,15?,17-,18+/m1/s1. The van der Waals surface area contributed by atoms with Gasteiger partial charge in [-0.2, -0.15) is 4.98 Å². The molecule has 0 spiro atoms. The Kier molecular flexibility index (Phi) is 8.37. The molecule has 3 rings (SSSR count). The van der Waals surface area contributed by atoms with Crippen LogP contribution in [0.25, 0.3) is 0 Å². The van der Waals surface area contributed by atoms with Crippen molar-refractivity contribution in [3.8, 4) is 0 Å². The van der Waals surface area contributed by atoms with Gasteiger partial charge in [0.2, 0.25) is 0 Å². The van der Waals surface area contributed by atoms with Crippen LogP contribution in [-0.4, -0.2) is 80.5 Å². The van der Waals surface area contributed by atoms with Gasteiger partial charge in [-0.1, -0.05) is 19.8 Å². The number of carbonyl (C=O) groups excluding carboxylic acids is 1. The molecule has 2 saturated heterocycles. The molecule has 8 atom stereocenters. The number of aromatic nitrogens is 2. The van der Waals surface area contributed by atoms with E-state index < -0.39 is 72.6 Å². The third kappa shape index (κ3) is 5.67. The van der Waals surface area contributed by atoms with Gasteiger partial charge in [-0.05, 0) is 20.3 Å². The number of hydrogen-bond donors (Lipinski definition) is 4. The van der Waals surface area contributed by atoms with Crippen LogP contribution in [-0.2, 0) is 18.9 Å². The maximum atomic E-state index is 14.6. The molecule has 0 radical (unpaired) electrons. The number of halogens is 1. The van der Waals surface area contributed by atoms with Crippen molar-refractivity contribution < 1.29 is 43.5 Å². The first-order valence-electron chi connectivity index (χ1n) is 10.9. The summed E-state index contributed by atoms with van der Waals surface area (Å²) in [5.41, 5.74) is -0.987. The molecule has 4 N–H and O–H groups in total. The maximum absolute atomic E-state index is 14.6. The second-order valence-electron chi connectivity index (χ2n) is 8.11. The second-order valence-corrected chi connectivity index (χ2v) is 8.11. The van der Waals surface area contributed by atoms with Gasteiger partial charge in [0.15, 0.2) is 24.2 Å². The molecule has 2 fully saturated rings. The Balaban J connectivity index is 1.74. The predicted octanol–water partition coefficient (Wildman–Crippen LogP) is 0.251. The minimum absolute atomic E-state index is 0.144. The Labute approximate surface area is 189 Å². The average Bonchev–Trinajstić information content (AvgIpc) is 3.18. The number of aliphatic hydroxyl groups excluding tert-OH is 3. The number of ether oxygens (including phenoxy) is 4. The number of unbranched alkanes of at least 4 members (excludes halogenated alkanes) is 2. The van der Waals surface area contributed by atoms with Gasteiger partial charge in [-0.15, -0.1) is 0 Å². The van der Waals surface area contributed by atoms with E-state index in [-0.39, 0.29) is 6.61 Å². The van der Waals surface area contributed by atoms with Crippen molar-refractivity contribution >= 4 is 11.9 Å². The van der Waals surface area contributed by atoms with Gasteiger partial charge >= 0.3 is 11.8 Å². The van der Waals surface area contributed by atoms with E-state index in [4.69, 9.17) is 18.9 Å². The molecule has 0 saturated carbocycles. The molecule has 186 valence electrons. The topological polar surface area (TPSA) is 162 Å².